The van der Waals surface area contributed by atoms with Gasteiger partial charge in [0.15, 0.2) is 11.6 Å². The van der Waals surface area contributed by atoms with Gasteiger partial charge in [-0.3, -0.25) is 13.7 Å². The largest absolute Gasteiger partial charge is 0.278 e. The average Bonchev–Trinajstić information content (AvgIpc) is 1.49. The highest BCUT2D eigenvalue weighted by molar-refractivity contribution is 7.25. The van der Waals surface area contributed by atoms with Crippen molar-refractivity contribution in [1.82, 2.24) is 48.6 Å². The number of rotatable bonds is 12. The van der Waals surface area contributed by atoms with Crippen molar-refractivity contribution in [3.8, 4) is 141 Å². The summed E-state index contributed by atoms with van der Waals surface area (Å²) in [5.41, 5.74) is 34.3. The first-order chi connectivity index (χ1) is 66.9. The highest BCUT2D eigenvalue weighted by Crippen LogP contribution is 2.53. The van der Waals surface area contributed by atoms with Crippen LogP contribution >= 0.6 is 11.3 Å². The summed E-state index contributed by atoms with van der Waals surface area (Å²) in [5, 5.41) is 9.69. The molecule has 0 N–H and O–H groups in total. The molecule has 0 bridgehead atoms. The number of para-hydroxylation sites is 3. The number of aromatic nitrogens is 10. The molecule has 0 atom stereocenters. The van der Waals surface area contributed by atoms with Gasteiger partial charge in [0.05, 0.1) is 55.9 Å². The highest BCUT2D eigenvalue weighted by Gasteiger charge is 2.37. The van der Waals surface area contributed by atoms with Gasteiger partial charge in [-0.05, 0) is 175 Å². The van der Waals surface area contributed by atoms with Crippen molar-refractivity contribution in [2.75, 3.05) is 0 Å². The van der Waals surface area contributed by atoms with Gasteiger partial charge in [0, 0.05) is 96.7 Å². The molecular weight excluding hydrogens is 1670 g/mol. The number of thiophene rings is 1. The summed E-state index contributed by atoms with van der Waals surface area (Å²) in [6.45, 7) is 9.35. The minimum absolute atomic E-state index is 0.0420. The molecule has 7 aromatic heterocycles. The Kier molecular flexibility index (Phi) is 19.6. The maximum absolute atomic E-state index is 5.18. The molecule has 0 unspecified atom stereocenters. The Bertz CT molecular complexity index is 8510. The fraction of sp³-hybridized carbons (Fsp3) is 0.0480. The van der Waals surface area contributed by atoms with Gasteiger partial charge in [-0.25, -0.2) is 24.9 Å². The van der Waals surface area contributed by atoms with Crippen LogP contribution in [-0.2, 0) is 10.8 Å². The molecule has 7 heterocycles. The maximum atomic E-state index is 5.18. The molecule has 0 amide bonds. The van der Waals surface area contributed by atoms with E-state index < -0.39 is 0 Å². The van der Waals surface area contributed by atoms with Gasteiger partial charge >= 0.3 is 0 Å². The van der Waals surface area contributed by atoms with Gasteiger partial charge in [-0.15, -0.1) is 11.3 Å². The molecular formula is C125H86N10S. The van der Waals surface area contributed by atoms with Crippen molar-refractivity contribution in [2.24, 2.45) is 0 Å². The molecule has 0 fully saturated rings. The number of fused-ring (bicyclic) bond motifs is 18. The van der Waals surface area contributed by atoms with Crippen LogP contribution in [0.2, 0.25) is 0 Å². The van der Waals surface area contributed by atoms with Crippen molar-refractivity contribution in [3.63, 3.8) is 0 Å². The van der Waals surface area contributed by atoms with Gasteiger partial charge in [-0.2, -0.15) is 9.97 Å². The summed E-state index contributed by atoms with van der Waals surface area (Å²) >= 11 is 1.85. The normalized spacial score (nSPS) is 12.7. The maximum Gasteiger partial charge on any atom is 0.238 e. The first-order valence-electron chi connectivity index (χ1n) is 46.3. The van der Waals surface area contributed by atoms with E-state index in [0.29, 0.717) is 29.5 Å². The molecule has 25 aromatic rings. The van der Waals surface area contributed by atoms with E-state index in [1.54, 1.807) is 0 Å². The average molecular weight is 1760 g/mol. The number of nitrogens with zero attached hydrogens (tertiary/aromatic N) is 10. The van der Waals surface area contributed by atoms with Crippen LogP contribution in [0.4, 0.5) is 0 Å². The lowest BCUT2D eigenvalue weighted by molar-refractivity contribution is 0.660. The monoisotopic (exact) mass is 1760 g/mol. The Labute approximate surface area is 790 Å². The Morgan fingerprint density at radius 2 is 0.441 bits per heavy atom. The molecule has 27 rings (SSSR count). The summed E-state index contributed by atoms with van der Waals surface area (Å²) in [5.74, 6) is 3.22. The van der Waals surface area contributed by atoms with E-state index in [4.69, 9.17) is 34.9 Å². The Morgan fingerprint density at radius 1 is 0.176 bits per heavy atom. The first-order valence-corrected chi connectivity index (χ1v) is 47.1. The van der Waals surface area contributed by atoms with Gasteiger partial charge < -0.3 is 0 Å². The fourth-order valence-electron chi connectivity index (χ4n) is 20.8. The SMILES string of the molecule is CC1(C)c2ccccc2-c2ccc(-c3ccc4c(c3)c3ccccc3n4-c3nc(-c4ccccc4)cc(-c4ccccc4)n3)cc21.CC1(C)c2ccccc2-c2ccc(-c3ccc4c(c3)c3ccccc3n4-c3nc(-c4ccccc4)nc(-c4ccccc4)n3)cc21.c1ccc(-c2cc(-c3ccccc3)nc(-n3c4ccccc4c4cc(-c5ccc6sc7ccccc7c6c5)ccc43)n2)cc1. The Hall–Kier alpha value is -17.3. The third-order valence-electron chi connectivity index (χ3n) is 27.6. The third kappa shape index (κ3) is 14.0. The summed E-state index contributed by atoms with van der Waals surface area (Å²) in [6.07, 6.45) is 0. The van der Waals surface area contributed by atoms with Crippen molar-refractivity contribution in [3.05, 3.63) is 471 Å². The second kappa shape index (κ2) is 32.9. The van der Waals surface area contributed by atoms with Crippen LogP contribution in [0.15, 0.2) is 449 Å². The molecule has 136 heavy (non-hydrogen) atoms. The second-order valence-electron chi connectivity index (χ2n) is 36.3. The third-order valence-corrected chi connectivity index (χ3v) is 28.7. The van der Waals surface area contributed by atoms with E-state index in [9.17, 15) is 0 Å². The Morgan fingerprint density at radius 3 is 0.816 bits per heavy atom. The van der Waals surface area contributed by atoms with Crippen LogP contribution in [0, 0.1) is 0 Å². The zero-order valence-electron chi connectivity index (χ0n) is 75.1. The lowest BCUT2D eigenvalue weighted by Crippen LogP contribution is -2.14. The van der Waals surface area contributed by atoms with Crippen LogP contribution in [0.5, 0.6) is 0 Å². The van der Waals surface area contributed by atoms with E-state index >= 15 is 0 Å². The van der Waals surface area contributed by atoms with Gasteiger partial charge in [-0.1, -0.05) is 380 Å². The summed E-state index contributed by atoms with van der Waals surface area (Å²) in [6, 6.07) is 159. The van der Waals surface area contributed by atoms with E-state index in [-0.39, 0.29) is 10.8 Å². The molecule has 11 heteroatoms. The highest BCUT2D eigenvalue weighted by atomic mass is 32.1. The predicted octanol–water partition coefficient (Wildman–Crippen LogP) is 32.1. The summed E-state index contributed by atoms with van der Waals surface area (Å²) in [7, 11) is 0. The van der Waals surface area contributed by atoms with Gasteiger partial charge in [0.25, 0.3) is 0 Å². The molecule has 0 radical (unpaired) electrons. The minimum atomic E-state index is -0.0479. The van der Waals surface area contributed by atoms with E-state index in [1.165, 1.54) is 125 Å². The van der Waals surface area contributed by atoms with Crippen molar-refractivity contribution in [1.29, 1.82) is 0 Å². The topological polar surface area (TPSA) is 105 Å². The first kappa shape index (κ1) is 80.8. The zero-order chi connectivity index (χ0) is 90.7. The van der Waals surface area contributed by atoms with Gasteiger partial charge in [0.2, 0.25) is 17.8 Å². The molecule has 0 spiro atoms. The number of hydrogen-bond acceptors (Lipinski definition) is 8. The van der Waals surface area contributed by atoms with Crippen molar-refractivity contribution in [2.45, 2.75) is 38.5 Å². The smallest absolute Gasteiger partial charge is 0.238 e. The van der Waals surface area contributed by atoms with Crippen LogP contribution in [0.1, 0.15) is 49.9 Å². The summed E-state index contributed by atoms with van der Waals surface area (Å²) < 4.78 is 9.25. The molecule has 2 aliphatic carbocycles. The standard InChI is InChI=1S/C43H31N3.C42H30N4.C40H25N3S/c1-43(2)36-19-11-9-17-32(36)33-23-21-31(26-37(33)43)30-22-24-41-35(25-30)34-18-10-12-20-40(34)46(41)42-44-38(28-13-5-3-6-14-28)27-39(45-42)29-15-7-4-8-16-29;1-42(2)35-19-11-9-17-31(35)32-23-21-30(26-36(32)42)29-22-24-38-34(25-29)33-18-10-12-20-37(33)46(38)41-44-39(27-13-5-3-6-14-27)43-40(45-41)28-15-7-4-8-16-28;1-3-11-26(12-4-1)34-25-35(27-13-5-2-6-14-27)42-40(41-34)43-36-17-9-7-15-30(36)32-23-28(19-21-37(32)43)29-20-22-39-33(24-29)31-16-8-10-18-38(31)44-39/h3-27H,1-2H3;3-26H,1-2H3;1-25H. The molecule has 2 aliphatic rings. The van der Waals surface area contributed by atoms with E-state index in [2.05, 4.69) is 405 Å². The summed E-state index contributed by atoms with van der Waals surface area (Å²) in [4.78, 5) is 35.7. The molecule has 0 saturated heterocycles. The lowest BCUT2D eigenvalue weighted by Gasteiger charge is -2.22. The Balaban J connectivity index is 0.000000109. The fourth-order valence-corrected chi connectivity index (χ4v) is 21.9. The van der Waals surface area contributed by atoms with E-state index in [1.807, 2.05) is 96.3 Å². The molecule has 0 aliphatic heterocycles. The zero-order valence-corrected chi connectivity index (χ0v) is 75.9. The number of benzene rings is 18. The number of hydrogen-bond donors (Lipinski definition) is 0. The van der Waals surface area contributed by atoms with Crippen LogP contribution in [-0.4, -0.2) is 48.6 Å². The molecule has 10 nitrogen and oxygen atoms in total. The van der Waals surface area contributed by atoms with Crippen molar-refractivity contribution >= 4 is 96.9 Å². The lowest BCUT2D eigenvalue weighted by atomic mass is 9.81. The van der Waals surface area contributed by atoms with Crippen molar-refractivity contribution < 1.29 is 0 Å². The minimum Gasteiger partial charge on any atom is -0.278 e. The second-order valence-corrected chi connectivity index (χ2v) is 37.4. The van der Waals surface area contributed by atoms with Crippen LogP contribution in [0.3, 0.4) is 0 Å². The van der Waals surface area contributed by atoms with Gasteiger partial charge in [0.1, 0.15) is 0 Å². The van der Waals surface area contributed by atoms with Crippen LogP contribution < -0.4 is 0 Å². The molecule has 0 saturated carbocycles. The predicted molar refractivity (Wildman–Crippen MR) is 564 cm³/mol. The van der Waals surface area contributed by atoms with Crippen LogP contribution in [0.25, 0.3) is 227 Å². The quantitative estimate of drug-likeness (QED) is 0.120. The molecule has 642 valence electrons. The molecule has 18 aromatic carbocycles. The van der Waals surface area contributed by atoms with E-state index in [0.717, 1.165) is 94.6 Å².